The highest BCUT2D eigenvalue weighted by atomic mass is 16.3. The lowest BCUT2D eigenvalue weighted by atomic mass is 9.88. The summed E-state index contributed by atoms with van der Waals surface area (Å²) in [5.74, 6) is 0.138. The summed E-state index contributed by atoms with van der Waals surface area (Å²) in [6.07, 6.45) is 2.90. The quantitative estimate of drug-likeness (QED) is 0.733. The van der Waals surface area contributed by atoms with Gasteiger partial charge in [-0.2, -0.15) is 0 Å². The van der Waals surface area contributed by atoms with Gasteiger partial charge in [0.2, 0.25) is 0 Å². The second kappa shape index (κ2) is 4.45. The van der Waals surface area contributed by atoms with Gasteiger partial charge in [-0.05, 0) is 12.5 Å². The topological polar surface area (TPSA) is 63.3 Å². The SMILES string of the molecule is C=C1C=C(C(O)CC(C)=O)C(N)=CC1C. The van der Waals surface area contributed by atoms with Crippen molar-refractivity contribution in [3.05, 3.63) is 35.6 Å². The fraction of sp³-hybridized carbons (Fsp3) is 0.417. The van der Waals surface area contributed by atoms with Gasteiger partial charge < -0.3 is 10.8 Å². The Kier molecular flexibility index (Phi) is 3.48. The fourth-order valence-electron chi connectivity index (χ4n) is 1.56. The van der Waals surface area contributed by atoms with Crippen LogP contribution in [0.15, 0.2) is 35.6 Å². The molecule has 0 aliphatic heterocycles. The van der Waals surface area contributed by atoms with Gasteiger partial charge >= 0.3 is 0 Å². The van der Waals surface area contributed by atoms with E-state index in [-0.39, 0.29) is 18.1 Å². The van der Waals surface area contributed by atoms with Crippen LogP contribution in [0.2, 0.25) is 0 Å². The molecule has 3 N–H and O–H groups in total. The number of nitrogens with two attached hydrogens (primary N) is 1. The molecule has 1 aliphatic carbocycles. The summed E-state index contributed by atoms with van der Waals surface area (Å²) in [7, 11) is 0. The molecular weight excluding hydrogens is 190 g/mol. The molecule has 1 rings (SSSR count). The maximum atomic E-state index is 10.9. The molecule has 1 aliphatic rings. The highest BCUT2D eigenvalue weighted by Gasteiger charge is 2.20. The number of carbonyl (C=O) groups excluding carboxylic acids is 1. The maximum Gasteiger partial charge on any atom is 0.132 e. The Labute approximate surface area is 90.0 Å². The Bertz CT molecular complexity index is 353. The number of rotatable bonds is 3. The first-order chi connectivity index (χ1) is 6.91. The van der Waals surface area contributed by atoms with E-state index in [0.29, 0.717) is 11.3 Å². The van der Waals surface area contributed by atoms with Crippen molar-refractivity contribution < 1.29 is 9.90 Å². The van der Waals surface area contributed by atoms with E-state index in [1.54, 1.807) is 6.08 Å². The van der Waals surface area contributed by atoms with E-state index in [2.05, 4.69) is 6.58 Å². The first-order valence-corrected chi connectivity index (χ1v) is 4.97. The molecular formula is C12H17NO2. The maximum absolute atomic E-state index is 10.9. The number of aliphatic hydroxyl groups is 1. The number of Topliss-reactive ketones (excluding diaryl/α,β-unsaturated/α-hetero) is 1. The summed E-state index contributed by atoms with van der Waals surface area (Å²) in [4.78, 5) is 10.9. The van der Waals surface area contributed by atoms with E-state index in [4.69, 9.17) is 5.73 Å². The number of hydrogen-bond acceptors (Lipinski definition) is 3. The Morgan fingerprint density at radius 2 is 2.33 bits per heavy atom. The number of carbonyl (C=O) groups is 1. The van der Waals surface area contributed by atoms with Crippen LogP contribution in [0.25, 0.3) is 0 Å². The van der Waals surface area contributed by atoms with E-state index in [9.17, 15) is 9.90 Å². The normalized spacial score (nSPS) is 23.1. The molecule has 3 nitrogen and oxygen atoms in total. The average Bonchev–Trinajstić information content (AvgIpc) is 2.09. The van der Waals surface area contributed by atoms with Crippen molar-refractivity contribution in [3.8, 4) is 0 Å². The summed E-state index contributed by atoms with van der Waals surface area (Å²) in [5.41, 5.74) is 7.84. The van der Waals surface area contributed by atoms with Crippen LogP contribution in [-0.2, 0) is 4.79 Å². The molecule has 3 heteroatoms. The number of ketones is 1. The molecule has 15 heavy (non-hydrogen) atoms. The lowest BCUT2D eigenvalue weighted by Gasteiger charge is -2.22. The summed E-state index contributed by atoms with van der Waals surface area (Å²) in [5, 5.41) is 9.77. The predicted molar refractivity (Wildman–Crippen MR) is 60.0 cm³/mol. The standard InChI is InChI=1S/C12H17NO2/c1-7-4-10(11(13)5-8(7)2)12(15)6-9(3)14/h4-5,8,12,15H,1,6,13H2,2-3H3. The molecule has 2 unspecified atom stereocenters. The van der Waals surface area contributed by atoms with Gasteiger partial charge in [0.1, 0.15) is 5.78 Å². The second-order valence-corrected chi connectivity index (χ2v) is 4.01. The van der Waals surface area contributed by atoms with Gasteiger partial charge in [0.15, 0.2) is 0 Å². The lowest BCUT2D eigenvalue weighted by Crippen LogP contribution is -2.22. The summed E-state index contributed by atoms with van der Waals surface area (Å²) < 4.78 is 0. The first kappa shape index (κ1) is 11.7. The first-order valence-electron chi connectivity index (χ1n) is 4.97. The van der Waals surface area contributed by atoms with Crippen LogP contribution in [0.5, 0.6) is 0 Å². The number of allylic oxidation sites excluding steroid dienone is 3. The lowest BCUT2D eigenvalue weighted by molar-refractivity contribution is -0.118. The Morgan fingerprint density at radius 3 is 2.87 bits per heavy atom. The third-order valence-corrected chi connectivity index (χ3v) is 2.53. The van der Waals surface area contributed by atoms with Crippen LogP contribution in [0.3, 0.4) is 0 Å². The van der Waals surface area contributed by atoms with Crippen molar-refractivity contribution in [3.63, 3.8) is 0 Å². The molecule has 0 fully saturated rings. The highest BCUT2D eigenvalue weighted by molar-refractivity contribution is 5.76. The number of hydrogen-bond donors (Lipinski definition) is 2. The van der Waals surface area contributed by atoms with Crippen LogP contribution in [0.1, 0.15) is 20.3 Å². The highest BCUT2D eigenvalue weighted by Crippen LogP contribution is 2.26. The third-order valence-electron chi connectivity index (χ3n) is 2.53. The average molecular weight is 207 g/mol. The smallest absolute Gasteiger partial charge is 0.132 e. The van der Waals surface area contributed by atoms with E-state index < -0.39 is 6.10 Å². The van der Waals surface area contributed by atoms with Crippen LogP contribution in [0.4, 0.5) is 0 Å². The van der Waals surface area contributed by atoms with Gasteiger partial charge in [-0.15, -0.1) is 0 Å². The van der Waals surface area contributed by atoms with Crippen LogP contribution in [0, 0.1) is 5.92 Å². The largest absolute Gasteiger partial charge is 0.399 e. The van der Waals surface area contributed by atoms with E-state index >= 15 is 0 Å². The van der Waals surface area contributed by atoms with E-state index in [0.717, 1.165) is 5.57 Å². The summed E-state index contributed by atoms with van der Waals surface area (Å²) in [6.45, 7) is 7.30. The predicted octanol–water partition coefficient (Wildman–Crippen LogP) is 1.30. The zero-order valence-corrected chi connectivity index (χ0v) is 9.16. The van der Waals surface area contributed by atoms with Gasteiger partial charge in [0.25, 0.3) is 0 Å². The zero-order chi connectivity index (χ0) is 11.6. The molecule has 0 heterocycles. The Morgan fingerprint density at radius 1 is 1.73 bits per heavy atom. The Balaban J connectivity index is 2.86. The molecule has 0 saturated carbocycles. The van der Waals surface area contributed by atoms with Crippen molar-refractivity contribution in [2.24, 2.45) is 11.7 Å². The number of aliphatic hydroxyl groups excluding tert-OH is 1. The molecule has 0 aromatic carbocycles. The molecule has 0 radical (unpaired) electrons. The molecule has 0 bridgehead atoms. The second-order valence-electron chi connectivity index (χ2n) is 4.01. The molecule has 2 atom stereocenters. The van der Waals surface area contributed by atoms with Crippen molar-refractivity contribution in [1.29, 1.82) is 0 Å². The van der Waals surface area contributed by atoms with Crippen molar-refractivity contribution >= 4 is 5.78 Å². The molecule has 0 aromatic heterocycles. The van der Waals surface area contributed by atoms with Crippen LogP contribution in [-0.4, -0.2) is 17.0 Å². The van der Waals surface area contributed by atoms with Gasteiger partial charge in [-0.1, -0.05) is 25.7 Å². The van der Waals surface area contributed by atoms with Crippen LogP contribution < -0.4 is 5.73 Å². The fourth-order valence-corrected chi connectivity index (χ4v) is 1.56. The minimum Gasteiger partial charge on any atom is -0.399 e. The van der Waals surface area contributed by atoms with Gasteiger partial charge in [-0.25, -0.2) is 0 Å². The summed E-state index contributed by atoms with van der Waals surface area (Å²) >= 11 is 0. The van der Waals surface area contributed by atoms with Crippen molar-refractivity contribution in [2.45, 2.75) is 26.4 Å². The molecule has 0 amide bonds. The van der Waals surface area contributed by atoms with Crippen molar-refractivity contribution in [1.82, 2.24) is 0 Å². The van der Waals surface area contributed by atoms with Crippen molar-refractivity contribution in [2.75, 3.05) is 0 Å². The van der Waals surface area contributed by atoms with Crippen LogP contribution >= 0.6 is 0 Å². The minimum absolute atomic E-state index is 0.0552. The summed E-state index contributed by atoms with van der Waals surface area (Å²) in [6, 6.07) is 0. The third kappa shape index (κ3) is 2.80. The molecule has 0 aromatic rings. The minimum atomic E-state index is -0.817. The molecule has 82 valence electrons. The zero-order valence-electron chi connectivity index (χ0n) is 9.16. The molecule has 0 saturated heterocycles. The Hall–Kier alpha value is -1.35. The van der Waals surface area contributed by atoms with Gasteiger partial charge in [-0.3, -0.25) is 4.79 Å². The van der Waals surface area contributed by atoms with Gasteiger partial charge in [0, 0.05) is 23.6 Å². The van der Waals surface area contributed by atoms with E-state index in [1.807, 2.05) is 13.0 Å². The monoisotopic (exact) mass is 207 g/mol. The van der Waals surface area contributed by atoms with E-state index in [1.165, 1.54) is 6.92 Å². The van der Waals surface area contributed by atoms with Gasteiger partial charge in [0.05, 0.1) is 6.10 Å². The molecule has 0 spiro atoms.